The van der Waals surface area contributed by atoms with Gasteiger partial charge in [0.15, 0.2) is 0 Å². The SMILES string of the molecule is NNC(=O)c1cccc2c1nc(N)n2S(=O)(=O)C1CC1. The predicted molar refractivity (Wildman–Crippen MR) is 73.1 cm³/mol. The zero-order chi connectivity index (χ0) is 14.5. The zero-order valence-electron chi connectivity index (χ0n) is 10.4. The number of carbonyl (C=O) groups excluding carboxylic acids is 1. The van der Waals surface area contributed by atoms with Crippen LogP contribution in [0.2, 0.25) is 0 Å². The molecule has 5 N–H and O–H groups in total. The van der Waals surface area contributed by atoms with E-state index >= 15 is 0 Å². The molecule has 0 unspecified atom stereocenters. The average molecular weight is 295 g/mol. The van der Waals surface area contributed by atoms with Crippen LogP contribution in [-0.2, 0) is 10.0 Å². The summed E-state index contributed by atoms with van der Waals surface area (Å²) in [5.74, 6) is 4.40. The zero-order valence-corrected chi connectivity index (χ0v) is 11.2. The van der Waals surface area contributed by atoms with Gasteiger partial charge in [0.1, 0.15) is 5.52 Å². The van der Waals surface area contributed by atoms with Crippen molar-refractivity contribution in [1.29, 1.82) is 0 Å². The second kappa shape index (κ2) is 4.18. The van der Waals surface area contributed by atoms with Gasteiger partial charge in [0, 0.05) is 0 Å². The fraction of sp³-hybridized carbons (Fsp3) is 0.273. The summed E-state index contributed by atoms with van der Waals surface area (Å²) in [5, 5.41) is -0.422. The molecule has 0 spiro atoms. The molecule has 1 aromatic carbocycles. The van der Waals surface area contributed by atoms with Gasteiger partial charge < -0.3 is 5.73 Å². The molecule has 0 atom stereocenters. The van der Waals surface area contributed by atoms with Crippen molar-refractivity contribution >= 4 is 32.9 Å². The molecule has 0 aliphatic heterocycles. The molecule has 0 bridgehead atoms. The van der Waals surface area contributed by atoms with Gasteiger partial charge in [-0.2, -0.15) is 0 Å². The van der Waals surface area contributed by atoms with Crippen molar-refractivity contribution in [3.8, 4) is 0 Å². The van der Waals surface area contributed by atoms with Gasteiger partial charge in [0.05, 0.1) is 16.3 Å². The van der Waals surface area contributed by atoms with Crippen molar-refractivity contribution in [3.05, 3.63) is 23.8 Å². The third-order valence-corrected chi connectivity index (χ3v) is 5.45. The average Bonchev–Trinajstić information content (AvgIpc) is 3.20. The minimum absolute atomic E-state index is 0.149. The summed E-state index contributed by atoms with van der Waals surface area (Å²) < 4.78 is 25.7. The molecule has 1 fully saturated rings. The maximum atomic E-state index is 12.4. The second-order valence-electron chi connectivity index (χ2n) is 4.63. The highest BCUT2D eigenvalue weighted by Gasteiger charge is 2.39. The van der Waals surface area contributed by atoms with Crippen LogP contribution in [-0.4, -0.2) is 28.5 Å². The van der Waals surface area contributed by atoms with E-state index in [0.29, 0.717) is 12.8 Å². The highest BCUT2D eigenvalue weighted by atomic mass is 32.2. The highest BCUT2D eigenvalue weighted by Crippen LogP contribution is 2.34. The number of hydrogen-bond donors (Lipinski definition) is 3. The molecule has 1 aliphatic rings. The summed E-state index contributed by atoms with van der Waals surface area (Å²) in [5.41, 5.74) is 8.41. The van der Waals surface area contributed by atoms with Gasteiger partial charge in [-0.1, -0.05) is 6.07 Å². The maximum absolute atomic E-state index is 12.4. The predicted octanol–water partition coefficient (Wildman–Crippen LogP) is -0.438. The highest BCUT2D eigenvalue weighted by molar-refractivity contribution is 7.91. The number of carbonyl (C=O) groups is 1. The first-order valence-electron chi connectivity index (χ1n) is 5.99. The molecule has 106 valence electrons. The molecule has 0 radical (unpaired) electrons. The van der Waals surface area contributed by atoms with Crippen LogP contribution in [0, 0.1) is 0 Å². The van der Waals surface area contributed by atoms with E-state index in [1.54, 1.807) is 12.1 Å². The molecule has 8 nitrogen and oxygen atoms in total. The van der Waals surface area contributed by atoms with E-state index in [1.165, 1.54) is 6.07 Å². The number of nitrogens with zero attached hydrogens (tertiary/aromatic N) is 2. The van der Waals surface area contributed by atoms with Gasteiger partial charge in [-0.15, -0.1) is 0 Å². The van der Waals surface area contributed by atoms with Crippen molar-refractivity contribution < 1.29 is 13.2 Å². The Labute approximate surface area is 114 Å². The fourth-order valence-corrected chi connectivity index (χ4v) is 3.89. The van der Waals surface area contributed by atoms with E-state index < -0.39 is 21.2 Å². The molecular formula is C11H13N5O3S. The Hall–Kier alpha value is -2.13. The number of nitrogens with one attached hydrogen (secondary N) is 1. The first kappa shape index (κ1) is 12.9. The number of rotatable bonds is 3. The Morgan fingerprint density at radius 2 is 2.10 bits per heavy atom. The summed E-state index contributed by atoms with van der Waals surface area (Å²) in [6.45, 7) is 0. The third kappa shape index (κ3) is 1.74. The van der Waals surface area contributed by atoms with Gasteiger partial charge >= 0.3 is 0 Å². The first-order valence-corrected chi connectivity index (χ1v) is 7.49. The van der Waals surface area contributed by atoms with Crippen LogP contribution in [0.1, 0.15) is 23.2 Å². The molecule has 1 amide bonds. The Bertz CT molecular complexity index is 807. The number of hydrogen-bond acceptors (Lipinski definition) is 6. The van der Waals surface area contributed by atoms with E-state index in [2.05, 4.69) is 4.98 Å². The molecule has 1 heterocycles. The molecule has 2 aromatic rings. The molecule has 3 rings (SSSR count). The smallest absolute Gasteiger partial charge is 0.267 e. The number of nitrogens with two attached hydrogens (primary N) is 2. The Kier molecular flexibility index (Phi) is 2.69. The largest absolute Gasteiger partial charge is 0.368 e. The van der Waals surface area contributed by atoms with Crippen molar-refractivity contribution in [2.45, 2.75) is 18.1 Å². The normalized spacial score (nSPS) is 15.4. The number of imidazole rings is 1. The Morgan fingerprint density at radius 3 is 2.70 bits per heavy atom. The number of hydrazine groups is 1. The van der Waals surface area contributed by atoms with Crippen LogP contribution in [0.3, 0.4) is 0 Å². The van der Waals surface area contributed by atoms with Crippen LogP contribution in [0.4, 0.5) is 5.95 Å². The van der Waals surface area contributed by atoms with Crippen LogP contribution < -0.4 is 17.0 Å². The van der Waals surface area contributed by atoms with E-state index in [-0.39, 0.29) is 22.5 Å². The molecule has 1 saturated carbocycles. The first-order chi connectivity index (χ1) is 9.46. The molecule has 1 aliphatic carbocycles. The minimum atomic E-state index is -3.56. The van der Waals surface area contributed by atoms with E-state index in [0.717, 1.165) is 3.97 Å². The van der Waals surface area contributed by atoms with Crippen LogP contribution in [0.15, 0.2) is 18.2 Å². The quantitative estimate of drug-likeness (QED) is 0.399. The van der Waals surface area contributed by atoms with Crippen LogP contribution in [0.25, 0.3) is 11.0 Å². The van der Waals surface area contributed by atoms with Gasteiger partial charge in [-0.25, -0.2) is 23.2 Å². The summed E-state index contributed by atoms with van der Waals surface area (Å²) >= 11 is 0. The van der Waals surface area contributed by atoms with Crippen molar-refractivity contribution in [1.82, 2.24) is 14.4 Å². The minimum Gasteiger partial charge on any atom is -0.368 e. The Balaban J connectivity index is 2.30. The maximum Gasteiger partial charge on any atom is 0.267 e. The number of para-hydroxylation sites is 1. The van der Waals surface area contributed by atoms with Crippen LogP contribution >= 0.6 is 0 Å². The monoisotopic (exact) mass is 295 g/mol. The number of aromatic nitrogens is 2. The standard InChI is InChI=1S/C11H13N5O3S/c12-11-14-9-7(10(17)15-13)2-1-3-8(9)16(11)20(18,19)6-4-5-6/h1-3,6H,4-5,13H2,(H2,12,14)(H,15,17). The molecule has 1 aromatic heterocycles. The summed E-state index contributed by atoms with van der Waals surface area (Å²) in [6.07, 6.45) is 1.23. The van der Waals surface area contributed by atoms with E-state index in [1.807, 2.05) is 5.43 Å². The third-order valence-electron chi connectivity index (χ3n) is 3.24. The van der Waals surface area contributed by atoms with E-state index in [9.17, 15) is 13.2 Å². The lowest BCUT2D eigenvalue weighted by atomic mass is 10.2. The second-order valence-corrected chi connectivity index (χ2v) is 6.69. The fourth-order valence-electron chi connectivity index (χ4n) is 2.14. The number of anilines is 1. The lowest BCUT2D eigenvalue weighted by molar-refractivity contribution is 0.0955. The summed E-state index contributed by atoms with van der Waals surface area (Å²) in [4.78, 5) is 15.7. The van der Waals surface area contributed by atoms with Crippen LogP contribution in [0.5, 0.6) is 0 Å². The summed E-state index contributed by atoms with van der Waals surface area (Å²) in [6, 6.07) is 4.63. The number of fused-ring (bicyclic) bond motifs is 1. The van der Waals surface area contributed by atoms with Gasteiger partial charge in [0.25, 0.3) is 5.91 Å². The molecular weight excluding hydrogens is 282 g/mol. The van der Waals surface area contributed by atoms with Crippen molar-refractivity contribution in [2.24, 2.45) is 5.84 Å². The number of amides is 1. The topological polar surface area (TPSA) is 133 Å². The van der Waals surface area contributed by atoms with Crippen molar-refractivity contribution in [2.75, 3.05) is 5.73 Å². The molecule has 0 saturated heterocycles. The lowest BCUT2D eigenvalue weighted by Gasteiger charge is -2.07. The lowest BCUT2D eigenvalue weighted by Crippen LogP contribution is -2.30. The summed E-state index contributed by atoms with van der Waals surface area (Å²) in [7, 11) is -3.56. The van der Waals surface area contributed by atoms with Crippen molar-refractivity contribution in [3.63, 3.8) is 0 Å². The van der Waals surface area contributed by atoms with E-state index in [4.69, 9.17) is 11.6 Å². The van der Waals surface area contributed by atoms with Gasteiger partial charge in [-0.05, 0) is 25.0 Å². The molecule has 20 heavy (non-hydrogen) atoms. The number of benzene rings is 1. The van der Waals surface area contributed by atoms with Gasteiger partial charge in [0.2, 0.25) is 16.0 Å². The van der Waals surface area contributed by atoms with Gasteiger partial charge in [-0.3, -0.25) is 10.2 Å². The number of nitrogen functional groups attached to an aromatic ring is 2. The molecule has 9 heteroatoms. The Morgan fingerprint density at radius 1 is 1.40 bits per heavy atom.